The number of benzene rings is 2. The maximum absolute atomic E-state index is 12.8. The number of carbonyl (C=O) groups is 1. The summed E-state index contributed by atoms with van der Waals surface area (Å²) < 4.78 is 0. The molecule has 1 unspecified atom stereocenters. The van der Waals surface area contributed by atoms with Crippen LogP contribution in [0.4, 0.5) is 5.69 Å². The highest BCUT2D eigenvalue weighted by Gasteiger charge is 2.25. The number of carbonyl (C=O) groups excluding carboxylic acids is 1. The molecule has 0 spiro atoms. The molecule has 31 heavy (non-hydrogen) atoms. The topological polar surface area (TPSA) is 118 Å². The maximum Gasteiger partial charge on any atom is 0.271 e. The average Bonchev–Trinajstić information content (AvgIpc) is 2.95. The zero-order valence-corrected chi connectivity index (χ0v) is 16.7. The van der Waals surface area contributed by atoms with Crippen LogP contribution < -0.4 is 22.1 Å². The first-order valence-corrected chi connectivity index (χ1v) is 9.75. The summed E-state index contributed by atoms with van der Waals surface area (Å²) in [5.74, 6) is -0.210. The summed E-state index contributed by atoms with van der Waals surface area (Å²) in [6, 6.07) is 17.2. The summed E-state index contributed by atoms with van der Waals surface area (Å²) in [5.41, 5.74) is 16.6. The van der Waals surface area contributed by atoms with Crippen LogP contribution in [0.1, 0.15) is 11.1 Å². The Kier molecular flexibility index (Phi) is 5.75. The molecule has 0 aliphatic carbocycles. The summed E-state index contributed by atoms with van der Waals surface area (Å²) in [5, 5.41) is 5.84. The van der Waals surface area contributed by atoms with Crippen LogP contribution >= 0.6 is 0 Å². The van der Waals surface area contributed by atoms with E-state index in [0.29, 0.717) is 17.1 Å². The van der Waals surface area contributed by atoms with E-state index in [-0.39, 0.29) is 11.7 Å². The number of nitrogens with two attached hydrogens (primary N) is 2. The van der Waals surface area contributed by atoms with E-state index in [4.69, 9.17) is 11.5 Å². The smallest absolute Gasteiger partial charge is 0.271 e. The molecule has 0 radical (unpaired) electrons. The zero-order chi connectivity index (χ0) is 21.6. The Labute approximate surface area is 180 Å². The highest BCUT2D eigenvalue weighted by Crippen LogP contribution is 2.24. The second-order valence-corrected chi connectivity index (χ2v) is 6.88. The first-order chi connectivity index (χ1) is 15.1. The first kappa shape index (κ1) is 19.9. The number of aliphatic imine (C=N–C) groups is 2. The van der Waals surface area contributed by atoms with Crippen molar-refractivity contribution in [1.29, 1.82) is 0 Å². The van der Waals surface area contributed by atoms with Crippen LogP contribution in [0.3, 0.4) is 0 Å². The molecular formula is C24H22N6O. The van der Waals surface area contributed by atoms with Crippen molar-refractivity contribution in [2.45, 2.75) is 6.17 Å². The van der Waals surface area contributed by atoms with Crippen LogP contribution in [0.15, 0.2) is 113 Å². The third kappa shape index (κ3) is 4.62. The minimum atomic E-state index is -1.03. The van der Waals surface area contributed by atoms with Gasteiger partial charge >= 0.3 is 0 Å². The molecule has 6 N–H and O–H groups in total. The van der Waals surface area contributed by atoms with E-state index in [1.54, 1.807) is 24.6 Å². The largest absolute Gasteiger partial charge is 0.398 e. The second kappa shape index (κ2) is 8.96. The number of benzodiazepines with no additional fused rings is 1. The Hall–Kier alpha value is -4.39. The van der Waals surface area contributed by atoms with Crippen LogP contribution in [-0.4, -0.2) is 23.6 Å². The molecule has 1 atom stereocenters. The SMILES string of the molecule is NC(C=CC(N)=C1C=CNC=C1)=NC1N=C(c2ccccc2)c2ccccc2NC1=O. The summed E-state index contributed by atoms with van der Waals surface area (Å²) in [7, 11) is 0. The molecule has 2 aromatic rings. The fourth-order valence-corrected chi connectivity index (χ4v) is 3.19. The van der Waals surface area contributed by atoms with E-state index in [0.717, 1.165) is 16.7 Å². The molecule has 7 nitrogen and oxygen atoms in total. The van der Waals surface area contributed by atoms with E-state index in [2.05, 4.69) is 20.6 Å². The number of rotatable bonds is 4. The lowest BCUT2D eigenvalue weighted by Crippen LogP contribution is -2.26. The van der Waals surface area contributed by atoms with E-state index in [1.807, 2.05) is 66.7 Å². The molecule has 0 saturated heterocycles. The van der Waals surface area contributed by atoms with Gasteiger partial charge < -0.3 is 22.1 Å². The number of nitrogens with zero attached hydrogens (tertiary/aromatic N) is 2. The van der Waals surface area contributed by atoms with Crippen LogP contribution in [0, 0.1) is 0 Å². The Morgan fingerprint density at radius 3 is 2.45 bits per heavy atom. The summed E-state index contributed by atoms with van der Waals surface area (Å²) in [4.78, 5) is 21.8. The Morgan fingerprint density at radius 1 is 0.968 bits per heavy atom. The molecule has 0 fully saturated rings. The Balaban J connectivity index is 1.68. The monoisotopic (exact) mass is 410 g/mol. The number of nitrogens with one attached hydrogen (secondary N) is 2. The van der Waals surface area contributed by atoms with E-state index in [1.165, 1.54) is 0 Å². The van der Waals surface area contributed by atoms with Crippen molar-refractivity contribution in [3.63, 3.8) is 0 Å². The van der Waals surface area contributed by atoms with Gasteiger partial charge in [0, 0.05) is 34.8 Å². The molecule has 154 valence electrons. The fraction of sp³-hybridized carbons (Fsp3) is 0.0417. The predicted molar refractivity (Wildman–Crippen MR) is 124 cm³/mol. The lowest BCUT2D eigenvalue weighted by molar-refractivity contribution is -0.117. The Bertz CT molecular complexity index is 1160. The number of hydrogen-bond acceptors (Lipinski definition) is 5. The standard InChI is InChI=1S/C24H22N6O/c25-19(16-12-14-27-15-13-16)10-11-21(26)29-23-24(31)28-20-9-5-4-8-18(20)22(30-23)17-6-2-1-3-7-17/h1-15,23,27H,25H2,(H2,26,29)(H,28,31). The van der Waals surface area contributed by atoms with Gasteiger partial charge in [0.25, 0.3) is 5.91 Å². The highest BCUT2D eigenvalue weighted by atomic mass is 16.2. The van der Waals surface area contributed by atoms with E-state index >= 15 is 0 Å². The van der Waals surface area contributed by atoms with Crippen molar-refractivity contribution in [3.8, 4) is 0 Å². The molecule has 0 saturated carbocycles. The van der Waals surface area contributed by atoms with Crippen molar-refractivity contribution in [3.05, 3.63) is 114 Å². The van der Waals surface area contributed by atoms with Crippen LogP contribution in [-0.2, 0) is 4.79 Å². The third-order valence-electron chi connectivity index (χ3n) is 4.73. The van der Waals surface area contributed by atoms with Crippen LogP contribution in [0.25, 0.3) is 0 Å². The molecule has 4 rings (SSSR count). The maximum atomic E-state index is 12.8. The highest BCUT2D eigenvalue weighted by molar-refractivity contribution is 6.19. The second-order valence-electron chi connectivity index (χ2n) is 6.88. The molecule has 2 heterocycles. The van der Waals surface area contributed by atoms with Gasteiger partial charge in [-0.15, -0.1) is 0 Å². The zero-order valence-electron chi connectivity index (χ0n) is 16.7. The van der Waals surface area contributed by atoms with Gasteiger partial charge in [-0.25, -0.2) is 9.98 Å². The quantitative estimate of drug-likeness (QED) is 0.458. The van der Waals surface area contributed by atoms with Crippen molar-refractivity contribution in [1.82, 2.24) is 5.32 Å². The molecular weight excluding hydrogens is 388 g/mol. The van der Waals surface area contributed by atoms with Crippen molar-refractivity contribution in [2.24, 2.45) is 21.5 Å². The number of amides is 1. The average molecular weight is 410 g/mol. The fourth-order valence-electron chi connectivity index (χ4n) is 3.19. The van der Waals surface area contributed by atoms with Crippen LogP contribution in [0.2, 0.25) is 0 Å². The summed E-state index contributed by atoms with van der Waals surface area (Å²) in [6.45, 7) is 0. The Morgan fingerprint density at radius 2 is 1.68 bits per heavy atom. The summed E-state index contributed by atoms with van der Waals surface area (Å²) >= 11 is 0. The minimum absolute atomic E-state index is 0.146. The summed E-state index contributed by atoms with van der Waals surface area (Å²) in [6.07, 6.45) is 9.44. The van der Waals surface area contributed by atoms with Gasteiger partial charge in [0.15, 0.2) is 0 Å². The molecule has 0 bridgehead atoms. The van der Waals surface area contributed by atoms with Gasteiger partial charge in [-0.2, -0.15) is 0 Å². The van der Waals surface area contributed by atoms with Gasteiger partial charge in [-0.05, 0) is 30.4 Å². The van der Waals surface area contributed by atoms with Gasteiger partial charge in [-0.1, -0.05) is 48.5 Å². The number of hydrogen-bond donors (Lipinski definition) is 4. The molecule has 0 aromatic heterocycles. The molecule has 2 aliphatic rings. The van der Waals surface area contributed by atoms with Gasteiger partial charge in [-0.3, -0.25) is 4.79 Å². The minimum Gasteiger partial charge on any atom is -0.398 e. The van der Waals surface area contributed by atoms with Crippen molar-refractivity contribution >= 4 is 23.1 Å². The van der Waals surface area contributed by atoms with Gasteiger partial charge in [0.1, 0.15) is 5.84 Å². The molecule has 1 amide bonds. The van der Waals surface area contributed by atoms with E-state index < -0.39 is 6.17 Å². The van der Waals surface area contributed by atoms with Crippen LogP contribution in [0.5, 0.6) is 0 Å². The number of para-hydroxylation sites is 1. The third-order valence-corrected chi connectivity index (χ3v) is 4.73. The van der Waals surface area contributed by atoms with E-state index in [9.17, 15) is 4.79 Å². The number of amidine groups is 1. The number of anilines is 1. The molecule has 2 aliphatic heterocycles. The van der Waals surface area contributed by atoms with Crippen molar-refractivity contribution in [2.75, 3.05) is 5.32 Å². The normalized spacial score (nSPS) is 18.1. The van der Waals surface area contributed by atoms with Gasteiger partial charge in [0.2, 0.25) is 6.17 Å². The lowest BCUT2D eigenvalue weighted by atomic mass is 10.0. The molecule has 2 aromatic carbocycles. The number of allylic oxidation sites excluding steroid dienone is 4. The lowest BCUT2D eigenvalue weighted by Gasteiger charge is -2.09. The number of dihydropyridines is 1. The first-order valence-electron chi connectivity index (χ1n) is 9.75. The van der Waals surface area contributed by atoms with Gasteiger partial charge in [0.05, 0.1) is 11.4 Å². The molecule has 7 heteroatoms. The number of fused-ring (bicyclic) bond motifs is 1. The van der Waals surface area contributed by atoms with Crippen molar-refractivity contribution < 1.29 is 4.79 Å². The predicted octanol–water partition coefficient (Wildman–Crippen LogP) is 2.56.